The Morgan fingerprint density at radius 1 is 1.56 bits per heavy atom. The lowest BCUT2D eigenvalue weighted by atomic mass is 9.98. The maximum absolute atomic E-state index is 5.94. The molecule has 0 aromatic carbocycles. The second-order valence-electron chi connectivity index (χ2n) is 4.50. The van der Waals surface area contributed by atoms with Gasteiger partial charge < -0.3 is 5.32 Å². The van der Waals surface area contributed by atoms with Crippen LogP contribution in [0.1, 0.15) is 26.2 Å². The van der Waals surface area contributed by atoms with Crippen LogP contribution >= 0.6 is 23.2 Å². The van der Waals surface area contributed by atoms with E-state index in [1.54, 1.807) is 0 Å². The zero-order chi connectivity index (χ0) is 11.8. The Morgan fingerprint density at radius 2 is 2.38 bits per heavy atom. The van der Waals surface area contributed by atoms with E-state index in [1.807, 2.05) is 0 Å². The van der Waals surface area contributed by atoms with Crippen molar-refractivity contribution in [3.63, 3.8) is 0 Å². The Labute approximate surface area is 109 Å². The summed E-state index contributed by atoms with van der Waals surface area (Å²) in [5.74, 6) is 0.764. The number of nitrogens with one attached hydrogen (secondary N) is 1. The van der Waals surface area contributed by atoms with E-state index in [0.717, 1.165) is 43.7 Å². The van der Waals surface area contributed by atoms with E-state index in [2.05, 4.69) is 17.1 Å². The number of halogens is 2. The van der Waals surface area contributed by atoms with Gasteiger partial charge in [0.25, 0.3) is 0 Å². The molecule has 0 amide bonds. The second-order valence-corrected chi connectivity index (χ2v) is 5.21. The minimum atomic E-state index is 0.740. The summed E-state index contributed by atoms with van der Waals surface area (Å²) in [6.45, 7) is 7.54. The SMILES string of the molecule is CCCNCC1CCCN(CC(Cl)=CCl)C1. The minimum absolute atomic E-state index is 0.740. The summed E-state index contributed by atoms with van der Waals surface area (Å²) in [4.78, 5) is 2.39. The number of likely N-dealkylation sites (tertiary alicyclic amines) is 1. The standard InChI is InChI=1S/C12H22Cl2N2/c1-2-5-15-8-11-4-3-6-16(9-11)10-12(14)7-13/h7,11,15H,2-6,8-10H2,1H3. The lowest BCUT2D eigenvalue weighted by Crippen LogP contribution is -2.40. The largest absolute Gasteiger partial charge is 0.316 e. The van der Waals surface area contributed by atoms with Crippen molar-refractivity contribution in [2.24, 2.45) is 5.92 Å². The smallest absolute Gasteiger partial charge is 0.0434 e. The molecule has 0 bridgehead atoms. The topological polar surface area (TPSA) is 15.3 Å². The van der Waals surface area contributed by atoms with Crippen LogP contribution in [0.25, 0.3) is 0 Å². The lowest BCUT2D eigenvalue weighted by Gasteiger charge is -2.32. The summed E-state index contributed by atoms with van der Waals surface area (Å²) < 4.78 is 0. The van der Waals surface area contributed by atoms with Gasteiger partial charge in [0.2, 0.25) is 0 Å². The van der Waals surface area contributed by atoms with Gasteiger partial charge in [-0.05, 0) is 44.8 Å². The van der Waals surface area contributed by atoms with Crippen LogP contribution < -0.4 is 5.32 Å². The first kappa shape index (κ1) is 14.3. The Balaban J connectivity index is 2.24. The first-order valence-electron chi connectivity index (χ1n) is 6.14. The van der Waals surface area contributed by atoms with Gasteiger partial charge in [-0.2, -0.15) is 0 Å². The molecule has 1 N–H and O–H groups in total. The van der Waals surface area contributed by atoms with Crippen LogP contribution in [0.5, 0.6) is 0 Å². The van der Waals surface area contributed by atoms with Crippen molar-refractivity contribution in [3.05, 3.63) is 10.6 Å². The molecule has 0 aromatic heterocycles. The molecule has 2 nitrogen and oxygen atoms in total. The van der Waals surface area contributed by atoms with Gasteiger partial charge in [-0.1, -0.05) is 30.1 Å². The van der Waals surface area contributed by atoms with Crippen LogP contribution in [0.3, 0.4) is 0 Å². The van der Waals surface area contributed by atoms with Crippen LogP contribution in [0, 0.1) is 5.92 Å². The molecule has 0 aliphatic carbocycles. The van der Waals surface area contributed by atoms with Crippen LogP contribution in [0.15, 0.2) is 10.6 Å². The van der Waals surface area contributed by atoms with Crippen molar-refractivity contribution < 1.29 is 0 Å². The van der Waals surface area contributed by atoms with Crippen LogP contribution in [-0.4, -0.2) is 37.6 Å². The zero-order valence-corrected chi connectivity index (χ0v) is 11.5. The molecule has 4 heteroatoms. The third kappa shape index (κ3) is 5.53. The molecule has 0 radical (unpaired) electrons. The number of piperidine rings is 1. The van der Waals surface area contributed by atoms with Crippen molar-refractivity contribution in [3.8, 4) is 0 Å². The van der Waals surface area contributed by atoms with Crippen molar-refractivity contribution in [1.82, 2.24) is 10.2 Å². The second kappa shape index (κ2) is 8.35. The monoisotopic (exact) mass is 264 g/mol. The summed E-state index contributed by atoms with van der Waals surface area (Å²) in [6.07, 6.45) is 3.80. The zero-order valence-electron chi connectivity index (χ0n) is 10.0. The van der Waals surface area contributed by atoms with Gasteiger partial charge in [0, 0.05) is 23.7 Å². The Kier molecular flexibility index (Phi) is 7.46. The van der Waals surface area contributed by atoms with Gasteiger partial charge in [-0.3, -0.25) is 4.90 Å². The fraction of sp³-hybridized carbons (Fsp3) is 0.833. The molecule has 1 saturated heterocycles. The molecule has 1 aliphatic rings. The van der Waals surface area contributed by atoms with Gasteiger partial charge >= 0.3 is 0 Å². The molecule has 0 aromatic rings. The van der Waals surface area contributed by atoms with Crippen LogP contribution in [0.4, 0.5) is 0 Å². The van der Waals surface area contributed by atoms with E-state index in [-0.39, 0.29) is 0 Å². The molecule has 0 saturated carbocycles. The molecule has 1 unspecified atom stereocenters. The predicted molar refractivity (Wildman–Crippen MR) is 72.1 cm³/mol. The molecule has 1 fully saturated rings. The summed E-state index contributed by atoms with van der Waals surface area (Å²) in [5.41, 5.74) is 1.47. The molecule has 0 spiro atoms. The number of hydrogen-bond acceptors (Lipinski definition) is 2. The highest BCUT2D eigenvalue weighted by Crippen LogP contribution is 2.18. The van der Waals surface area contributed by atoms with Crippen molar-refractivity contribution in [2.75, 3.05) is 32.7 Å². The fourth-order valence-corrected chi connectivity index (χ4v) is 2.43. The normalized spacial score (nSPS) is 23.7. The van der Waals surface area contributed by atoms with Gasteiger partial charge in [-0.15, -0.1) is 0 Å². The summed E-state index contributed by atoms with van der Waals surface area (Å²) in [6, 6.07) is 0. The molecule has 1 atom stereocenters. The van der Waals surface area contributed by atoms with E-state index in [4.69, 9.17) is 23.2 Å². The third-order valence-corrected chi connectivity index (χ3v) is 3.56. The molecular formula is C12H22Cl2N2. The highest BCUT2D eigenvalue weighted by Gasteiger charge is 2.19. The van der Waals surface area contributed by atoms with Crippen molar-refractivity contribution in [1.29, 1.82) is 0 Å². The van der Waals surface area contributed by atoms with E-state index >= 15 is 0 Å². The summed E-state index contributed by atoms with van der Waals surface area (Å²) in [5, 5.41) is 4.23. The molecular weight excluding hydrogens is 243 g/mol. The highest BCUT2D eigenvalue weighted by atomic mass is 35.5. The van der Waals surface area contributed by atoms with Gasteiger partial charge in [-0.25, -0.2) is 0 Å². The minimum Gasteiger partial charge on any atom is -0.316 e. The predicted octanol–water partition coefficient (Wildman–Crippen LogP) is 3.02. The van der Waals surface area contributed by atoms with E-state index in [0.29, 0.717) is 0 Å². The van der Waals surface area contributed by atoms with E-state index in [9.17, 15) is 0 Å². The third-order valence-electron chi connectivity index (χ3n) is 2.96. The van der Waals surface area contributed by atoms with Crippen LogP contribution in [-0.2, 0) is 0 Å². The Morgan fingerprint density at radius 3 is 3.06 bits per heavy atom. The van der Waals surface area contributed by atoms with Gasteiger partial charge in [0.1, 0.15) is 0 Å². The first-order chi connectivity index (χ1) is 7.76. The molecule has 1 rings (SSSR count). The maximum atomic E-state index is 5.94. The quantitative estimate of drug-likeness (QED) is 0.743. The van der Waals surface area contributed by atoms with E-state index < -0.39 is 0 Å². The van der Waals surface area contributed by atoms with Crippen molar-refractivity contribution >= 4 is 23.2 Å². The van der Waals surface area contributed by atoms with Gasteiger partial charge in [0.15, 0.2) is 0 Å². The Hall–Kier alpha value is 0.240. The number of rotatable bonds is 6. The lowest BCUT2D eigenvalue weighted by molar-refractivity contribution is 0.187. The molecule has 16 heavy (non-hydrogen) atoms. The van der Waals surface area contributed by atoms with Gasteiger partial charge in [0.05, 0.1) is 0 Å². The van der Waals surface area contributed by atoms with Crippen molar-refractivity contribution in [2.45, 2.75) is 26.2 Å². The average Bonchev–Trinajstić information content (AvgIpc) is 2.30. The summed E-state index contributed by atoms with van der Waals surface area (Å²) >= 11 is 11.5. The Bertz CT molecular complexity index is 219. The first-order valence-corrected chi connectivity index (χ1v) is 6.95. The van der Waals surface area contributed by atoms with Crippen LogP contribution in [0.2, 0.25) is 0 Å². The summed E-state index contributed by atoms with van der Waals surface area (Å²) in [7, 11) is 0. The molecule has 1 heterocycles. The number of hydrogen-bond donors (Lipinski definition) is 1. The highest BCUT2D eigenvalue weighted by molar-refractivity contribution is 6.36. The average molecular weight is 265 g/mol. The maximum Gasteiger partial charge on any atom is 0.0434 e. The molecule has 94 valence electrons. The van der Waals surface area contributed by atoms with E-state index in [1.165, 1.54) is 24.8 Å². The fourth-order valence-electron chi connectivity index (χ4n) is 2.19. The number of nitrogens with zero attached hydrogens (tertiary/aromatic N) is 1. The molecule has 1 aliphatic heterocycles.